The van der Waals surface area contributed by atoms with E-state index in [1.807, 2.05) is 23.9 Å². The first-order valence-corrected chi connectivity index (χ1v) is 7.41. The summed E-state index contributed by atoms with van der Waals surface area (Å²) in [7, 11) is 0. The molecule has 88 valence electrons. The number of thioether (sulfide) groups is 1. The number of aliphatic hydroxyl groups excluding tert-OH is 1. The van der Waals surface area contributed by atoms with Crippen LogP contribution in [0.1, 0.15) is 11.1 Å². The van der Waals surface area contributed by atoms with Gasteiger partial charge in [-0.05, 0) is 58.0 Å². The first-order chi connectivity index (χ1) is 8.28. The summed E-state index contributed by atoms with van der Waals surface area (Å²) in [6.45, 7) is 0.113. The van der Waals surface area contributed by atoms with Crippen molar-refractivity contribution in [2.24, 2.45) is 0 Å². The smallest absolute Gasteiger partial charge is 0.0681 e. The highest BCUT2D eigenvalue weighted by atomic mass is 127. The lowest BCUT2D eigenvalue weighted by Crippen LogP contribution is -1.83. The molecule has 0 saturated carbocycles. The Morgan fingerprint density at radius 3 is 2.06 bits per heavy atom. The monoisotopic (exact) mass is 356 g/mol. The van der Waals surface area contributed by atoms with Crippen LogP contribution in [0.2, 0.25) is 0 Å². The maximum atomic E-state index is 8.95. The molecule has 0 unspecified atom stereocenters. The van der Waals surface area contributed by atoms with Crippen LogP contribution in [0.25, 0.3) is 0 Å². The van der Waals surface area contributed by atoms with E-state index in [4.69, 9.17) is 5.11 Å². The van der Waals surface area contributed by atoms with Crippen LogP contribution in [0.3, 0.4) is 0 Å². The molecule has 0 amide bonds. The molecule has 2 aromatic rings. The fourth-order valence-corrected chi connectivity index (χ4v) is 2.65. The van der Waals surface area contributed by atoms with Gasteiger partial charge in [0.05, 0.1) is 6.61 Å². The summed E-state index contributed by atoms with van der Waals surface area (Å²) >= 11 is 4.13. The molecule has 0 heterocycles. The van der Waals surface area contributed by atoms with E-state index < -0.39 is 0 Å². The van der Waals surface area contributed by atoms with Gasteiger partial charge in [0, 0.05) is 14.2 Å². The predicted molar refractivity (Wildman–Crippen MR) is 81.1 cm³/mol. The molecule has 3 heteroatoms. The van der Waals surface area contributed by atoms with Gasteiger partial charge in [-0.1, -0.05) is 24.3 Å². The first kappa shape index (κ1) is 12.9. The van der Waals surface area contributed by atoms with Crippen LogP contribution in [0.5, 0.6) is 0 Å². The molecule has 0 saturated heterocycles. The van der Waals surface area contributed by atoms with E-state index in [1.165, 1.54) is 14.0 Å². The van der Waals surface area contributed by atoms with Crippen molar-refractivity contribution in [3.05, 3.63) is 63.2 Å². The van der Waals surface area contributed by atoms with Crippen molar-refractivity contribution >= 4 is 34.4 Å². The zero-order valence-electron chi connectivity index (χ0n) is 9.27. The van der Waals surface area contributed by atoms with Gasteiger partial charge >= 0.3 is 0 Å². The highest BCUT2D eigenvalue weighted by Gasteiger charge is 1.97. The molecule has 0 bridgehead atoms. The van der Waals surface area contributed by atoms with E-state index in [-0.39, 0.29) is 6.61 Å². The Labute approximate surface area is 119 Å². The molecule has 0 atom stereocenters. The average molecular weight is 356 g/mol. The van der Waals surface area contributed by atoms with Crippen LogP contribution in [0.4, 0.5) is 0 Å². The molecule has 0 spiro atoms. The van der Waals surface area contributed by atoms with Gasteiger partial charge in [-0.3, -0.25) is 0 Å². The maximum Gasteiger partial charge on any atom is 0.0681 e. The minimum absolute atomic E-state index is 0.113. The van der Waals surface area contributed by atoms with Crippen molar-refractivity contribution in [3.8, 4) is 0 Å². The number of benzene rings is 2. The standard InChI is InChI=1S/C14H13IOS/c15-13-5-1-12(2-6-13)10-17-14-7-3-11(9-16)4-8-14/h1-8,16H,9-10H2. The predicted octanol–water partition coefficient (Wildman–Crippen LogP) is 4.08. The lowest BCUT2D eigenvalue weighted by Gasteiger charge is -2.03. The molecule has 0 fully saturated rings. The zero-order valence-corrected chi connectivity index (χ0v) is 12.2. The van der Waals surface area contributed by atoms with Gasteiger partial charge in [0.15, 0.2) is 0 Å². The molecule has 2 rings (SSSR count). The van der Waals surface area contributed by atoms with Crippen LogP contribution in [-0.2, 0) is 12.4 Å². The van der Waals surface area contributed by atoms with Gasteiger partial charge < -0.3 is 5.11 Å². The molecule has 0 aromatic heterocycles. The number of hydrogen-bond donors (Lipinski definition) is 1. The minimum atomic E-state index is 0.113. The summed E-state index contributed by atoms with van der Waals surface area (Å²) in [5.41, 5.74) is 2.30. The molecular formula is C14H13IOS. The summed E-state index contributed by atoms with van der Waals surface area (Å²) in [5, 5.41) is 8.95. The van der Waals surface area contributed by atoms with Gasteiger partial charge in [-0.2, -0.15) is 0 Å². The van der Waals surface area contributed by atoms with Crippen LogP contribution in [0, 0.1) is 3.57 Å². The second kappa shape index (κ2) is 6.42. The Bertz CT molecular complexity index is 465. The lowest BCUT2D eigenvalue weighted by molar-refractivity contribution is 0.282. The van der Waals surface area contributed by atoms with Crippen molar-refractivity contribution in [2.75, 3.05) is 0 Å². The molecule has 0 radical (unpaired) electrons. The Morgan fingerprint density at radius 1 is 0.882 bits per heavy atom. The number of rotatable bonds is 4. The lowest BCUT2D eigenvalue weighted by atomic mass is 10.2. The molecule has 0 aliphatic heterocycles. The zero-order chi connectivity index (χ0) is 12.1. The largest absolute Gasteiger partial charge is 0.392 e. The van der Waals surface area contributed by atoms with Crippen LogP contribution in [0.15, 0.2) is 53.4 Å². The van der Waals surface area contributed by atoms with E-state index in [1.54, 1.807) is 0 Å². The molecular weight excluding hydrogens is 343 g/mol. The number of halogens is 1. The van der Waals surface area contributed by atoms with E-state index in [0.717, 1.165) is 11.3 Å². The van der Waals surface area contributed by atoms with Crippen LogP contribution in [-0.4, -0.2) is 5.11 Å². The second-order valence-electron chi connectivity index (χ2n) is 3.72. The van der Waals surface area contributed by atoms with Crippen molar-refractivity contribution in [1.82, 2.24) is 0 Å². The molecule has 0 aliphatic carbocycles. The summed E-state index contributed by atoms with van der Waals surface area (Å²) in [5.74, 6) is 0.982. The van der Waals surface area contributed by atoms with Crippen LogP contribution < -0.4 is 0 Å². The summed E-state index contributed by atoms with van der Waals surface area (Å²) in [6, 6.07) is 16.6. The van der Waals surface area contributed by atoms with Crippen molar-refractivity contribution in [1.29, 1.82) is 0 Å². The second-order valence-corrected chi connectivity index (χ2v) is 6.01. The molecule has 2 aromatic carbocycles. The van der Waals surface area contributed by atoms with Gasteiger partial charge in [0.1, 0.15) is 0 Å². The number of aliphatic hydroxyl groups is 1. The average Bonchev–Trinajstić information content (AvgIpc) is 2.39. The normalized spacial score (nSPS) is 10.5. The summed E-state index contributed by atoms with van der Waals surface area (Å²) < 4.78 is 1.27. The fraction of sp³-hybridized carbons (Fsp3) is 0.143. The Morgan fingerprint density at radius 2 is 1.47 bits per heavy atom. The molecule has 1 nitrogen and oxygen atoms in total. The third kappa shape index (κ3) is 4.01. The van der Waals surface area contributed by atoms with E-state index in [2.05, 4.69) is 59.0 Å². The third-order valence-corrected chi connectivity index (χ3v) is 4.23. The van der Waals surface area contributed by atoms with Gasteiger partial charge in [-0.25, -0.2) is 0 Å². The van der Waals surface area contributed by atoms with Crippen molar-refractivity contribution < 1.29 is 5.11 Å². The summed E-state index contributed by atoms with van der Waals surface area (Å²) in [4.78, 5) is 1.24. The van der Waals surface area contributed by atoms with Gasteiger partial charge in [0.25, 0.3) is 0 Å². The van der Waals surface area contributed by atoms with Gasteiger partial charge in [0.2, 0.25) is 0 Å². The number of hydrogen-bond acceptors (Lipinski definition) is 2. The topological polar surface area (TPSA) is 20.2 Å². The summed E-state index contributed by atoms with van der Waals surface area (Å²) in [6.07, 6.45) is 0. The highest BCUT2D eigenvalue weighted by Crippen LogP contribution is 2.23. The van der Waals surface area contributed by atoms with E-state index in [9.17, 15) is 0 Å². The maximum absolute atomic E-state index is 8.95. The third-order valence-electron chi connectivity index (χ3n) is 2.42. The van der Waals surface area contributed by atoms with Crippen molar-refractivity contribution in [2.45, 2.75) is 17.3 Å². The Balaban J connectivity index is 1.95. The molecule has 17 heavy (non-hydrogen) atoms. The highest BCUT2D eigenvalue weighted by molar-refractivity contribution is 14.1. The quantitative estimate of drug-likeness (QED) is 0.658. The molecule has 0 aliphatic rings. The van der Waals surface area contributed by atoms with Crippen molar-refractivity contribution in [3.63, 3.8) is 0 Å². The van der Waals surface area contributed by atoms with E-state index in [0.29, 0.717) is 0 Å². The van der Waals surface area contributed by atoms with Gasteiger partial charge in [-0.15, -0.1) is 11.8 Å². The minimum Gasteiger partial charge on any atom is -0.392 e. The Hall–Kier alpha value is -0.520. The SMILES string of the molecule is OCc1ccc(SCc2ccc(I)cc2)cc1. The Kier molecular flexibility index (Phi) is 4.88. The first-order valence-electron chi connectivity index (χ1n) is 5.35. The van der Waals surface area contributed by atoms with E-state index >= 15 is 0 Å². The van der Waals surface area contributed by atoms with Crippen LogP contribution >= 0.6 is 34.4 Å². The molecule has 1 N–H and O–H groups in total. The fourth-order valence-electron chi connectivity index (χ4n) is 1.44.